The van der Waals surface area contributed by atoms with Crippen LogP contribution in [0.2, 0.25) is 0 Å². The smallest absolute Gasteiger partial charge is 0.151 e. The maximum atomic E-state index is 5.73. The van der Waals surface area contributed by atoms with Gasteiger partial charge in [0.05, 0.1) is 5.69 Å². The highest BCUT2D eigenvalue weighted by Crippen LogP contribution is 2.24. The minimum atomic E-state index is 0.795. The Bertz CT molecular complexity index is 331. The first kappa shape index (κ1) is 12.6. The summed E-state index contributed by atoms with van der Waals surface area (Å²) in [5, 5.41) is 8.36. The standard InChI is InChI=1S/C13H20ClN3/c1-11-4-5-13(16-15-11)17-9-6-12(7-10-17)3-2-8-14/h4-5,12H,2-3,6-10H2,1H3. The predicted octanol–water partition coefficient (Wildman–Crippen LogP) is 3.02. The molecule has 1 aromatic rings. The van der Waals surface area contributed by atoms with Crippen LogP contribution in [0.1, 0.15) is 31.4 Å². The van der Waals surface area contributed by atoms with Crippen LogP contribution < -0.4 is 4.90 Å². The zero-order chi connectivity index (χ0) is 12.1. The van der Waals surface area contributed by atoms with Gasteiger partial charge >= 0.3 is 0 Å². The molecule has 4 heteroatoms. The van der Waals surface area contributed by atoms with Gasteiger partial charge in [-0.15, -0.1) is 16.7 Å². The van der Waals surface area contributed by atoms with E-state index in [-0.39, 0.29) is 0 Å². The Morgan fingerprint density at radius 2 is 2.06 bits per heavy atom. The van der Waals surface area contributed by atoms with Gasteiger partial charge in [-0.25, -0.2) is 0 Å². The van der Waals surface area contributed by atoms with Gasteiger partial charge in [0.25, 0.3) is 0 Å². The summed E-state index contributed by atoms with van der Waals surface area (Å²) in [6, 6.07) is 4.10. The molecule has 1 aliphatic rings. The summed E-state index contributed by atoms with van der Waals surface area (Å²) < 4.78 is 0. The van der Waals surface area contributed by atoms with Crippen molar-refractivity contribution in [1.82, 2.24) is 10.2 Å². The van der Waals surface area contributed by atoms with Crippen LogP contribution in [0.25, 0.3) is 0 Å². The lowest BCUT2D eigenvalue weighted by molar-refractivity contribution is 0.377. The second kappa shape index (κ2) is 6.20. The lowest BCUT2D eigenvalue weighted by Gasteiger charge is -2.32. The number of hydrogen-bond acceptors (Lipinski definition) is 3. The molecular weight excluding hydrogens is 234 g/mol. The molecule has 1 aromatic heterocycles. The van der Waals surface area contributed by atoms with Crippen LogP contribution in [0.3, 0.4) is 0 Å². The zero-order valence-corrected chi connectivity index (χ0v) is 11.2. The van der Waals surface area contributed by atoms with E-state index in [9.17, 15) is 0 Å². The van der Waals surface area contributed by atoms with Crippen molar-refractivity contribution >= 4 is 17.4 Å². The summed E-state index contributed by atoms with van der Waals surface area (Å²) >= 11 is 5.73. The molecule has 0 amide bonds. The molecule has 0 radical (unpaired) electrons. The third kappa shape index (κ3) is 3.56. The Labute approximate surface area is 108 Å². The molecule has 1 saturated heterocycles. The van der Waals surface area contributed by atoms with E-state index in [0.29, 0.717) is 0 Å². The summed E-state index contributed by atoms with van der Waals surface area (Å²) in [5.74, 6) is 2.67. The fourth-order valence-corrected chi connectivity index (χ4v) is 2.53. The van der Waals surface area contributed by atoms with E-state index in [1.165, 1.54) is 19.3 Å². The van der Waals surface area contributed by atoms with Crippen LogP contribution in [0, 0.1) is 12.8 Å². The Morgan fingerprint density at radius 3 is 2.65 bits per heavy atom. The Morgan fingerprint density at radius 1 is 1.29 bits per heavy atom. The van der Waals surface area contributed by atoms with Crippen molar-refractivity contribution in [3.63, 3.8) is 0 Å². The van der Waals surface area contributed by atoms with Crippen molar-refractivity contribution in [1.29, 1.82) is 0 Å². The van der Waals surface area contributed by atoms with Crippen LogP contribution in [-0.2, 0) is 0 Å². The molecule has 0 spiro atoms. The quantitative estimate of drug-likeness (QED) is 0.773. The molecule has 2 heterocycles. The monoisotopic (exact) mass is 253 g/mol. The Kier molecular flexibility index (Phi) is 4.60. The second-order valence-corrected chi connectivity index (χ2v) is 5.17. The van der Waals surface area contributed by atoms with E-state index in [1.54, 1.807) is 0 Å². The molecular formula is C13H20ClN3. The molecule has 0 atom stereocenters. The minimum absolute atomic E-state index is 0.795. The molecule has 0 aliphatic carbocycles. The number of aromatic nitrogens is 2. The van der Waals surface area contributed by atoms with E-state index in [1.807, 2.05) is 13.0 Å². The highest BCUT2D eigenvalue weighted by atomic mass is 35.5. The van der Waals surface area contributed by atoms with Crippen molar-refractivity contribution in [3.8, 4) is 0 Å². The Hall–Kier alpha value is -0.830. The molecule has 0 saturated carbocycles. The fraction of sp³-hybridized carbons (Fsp3) is 0.692. The molecule has 0 unspecified atom stereocenters. The van der Waals surface area contributed by atoms with Crippen molar-refractivity contribution in [3.05, 3.63) is 17.8 Å². The highest BCUT2D eigenvalue weighted by molar-refractivity contribution is 6.17. The van der Waals surface area contributed by atoms with E-state index in [2.05, 4.69) is 21.2 Å². The molecule has 3 nitrogen and oxygen atoms in total. The molecule has 1 aliphatic heterocycles. The van der Waals surface area contributed by atoms with E-state index in [0.717, 1.165) is 42.8 Å². The van der Waals surface area contributed by atoms with E-state index < -0.39 is 0 Å². The largest absolute Gasteiger partial charge is 0.355 e. The van der Waals surface area contributed by atoms with Gasteiger partial charge in [-0.05, 0) is 50.7 Å². The summed E-state index contributed by atoms with van der Waals surface area (Å²) in [6.45, 7) is 4.17. The highest BCUT2D eigenvalue weighted by Gasteiger charge is 2.19. The van der Waals surface area contributed by atoms with Crippen LogP contribution >= 0.6 is 11.6 Å². The first-order chi connectivity index (χ1) is 8.29. The van der Waals surface area contributed by atoms with Crippen molar-refractivity contribution in [2.45, 2.75) is 32.6 Å². The van der Waals surface area contributed by atoms with Crippen molar-refractivity contribution in [2.75, 3.05) is 23.9 Å². The summed E-state index contributed by atoms with van der Waals surface area (Å²) in [7, 11) is 0. The van der Waals surface area contributed by atoms with Gasteiger partial charge in [0.1, 0.15) is 0 Å². The van der Waals surface area contributed by atoms with E-state index >= 15 is 0 Å². The topological polar surface area (TPSA) is 29.0 Å². The average Bonchev–Trinajstić information content (AvgIpc) is 2.38. The van der Waals surface area contributed by atoms with Crippen LogP contribution in [0.5, 0.6) is 0 Å². The third-order valence-corrected chi connectivity index (χ3v) is 3.74. The maximum absolute atomic E-state index is 5.73. The third-order valence-electron chi connectivity index (χ3n) is 3.47. The number of rotatable bonds is 4. The van der Waals surface area contributed by atoms with Gasteiger partial charge in [-0.1, -0.05) is 0 Å². The molecule has 17 heavy (non-hydrogen) atoms. The maximum Gasteiger partial charge on any atom is 0.151 e. The SMILES string of the molecule is Cc1ccc(N2CCC(CCCCl)CC2)nn1. The van der Waals surface area contributed by atoms with Crippen LogP contribution in [-0.4, -0.2) is 29.2 Å². The van der Waals surface area contributed by atoms with E-state index in [4.69, 9.17) is 11.6 Å². The lowest BCUT2D eigenvalue weighted by atomic mass is 9.92. The lowest BCUT2D eigenvalue weighted by Crippen LogP contribution is -2.34. The summed E-state index contributed by atoms with van der Waals surface area (Å²) in [4.78, 5) is 2.34. The van der Waals surface area contributed by atoms with Crippen LogP contribution in [0.15, 0.2) is 12.1 Å². The first-order valence-corrected chi connectivity index (χ1v) is 6.94. The number of piperidine rings is 1. The normalized spacial score (nSPS) is 17.4. The molecule has 2 rings (SSSR count). The summed E-state index contributed by atoms with van der Waals surface area (Å²) in [5.41, 5.74) is 0.978. The zero-order valence-electron chi connectivity index (χ0n) is 10.4. The van der Waals surface area contributed by atoms with Gasteiger partial charge in [0, 0.05) is 19.0 Å². The fourth-order valence-electron chi connectivity index (χ4n) is 2.38. The van der Waals surface area contributed by atoms with Gasteiger partial charge < -0.3 is 4.90 Å². The van der Waals surface area contributed by atoms with Crippen LogP contribution in [0.4, 0.5) is 5.82 Å². The molecule has 0 N–H and O–H groups in total. The number of hydrogen-bond donors (Lipinski definition) is 0. The molecule has 0 aromatic carbocycles. The predicted molar refractivity (Wildman–Crippen MR) is 71.7 cm³/mol. The second-order valence-electron chi connectivity index (χ2n) is 4.79. The van der Waals surface area contributed by atoms with Crippen molar-refractivity contribution < 1.29 is 0 Å². The Balaban J connectivity index is 1.84. The molecule has 94 valence electrons. The number of nitrogens with zero attached hydrogens (tertiary/aromatic N) is 3. The first-order valence-electron chi connectivity index (χ1n) is 6.41. The summed E-state index contributed by atoms with van der Waals surface area (Å²) in [6.07, 6.45) is 4.94. The van der Waals surface area contributed by atoms with Gasteiger partial charge in [-0.2, -0.15) is 5.10 Å². The van der Waals surface area contributed by atoms with Gasteiger partial charge in [-0.3, -0.25) is 0 Å². The van der Waals surface area contributed by atoms with Gasteiger partial charge in [0.15, 0.2) is 5.82 Å². The minimum Gasteiger partial charge on any atom is -0.355 e. The number of anilines is 1. The van der Waals surface area contributed by atoms with Crippen molar-refractivity contribution in [2.24, 2.45) is 5.92 Å². The van der Waals surface area contributed by atoms with Gasteiger partial charge in [0.2, 0.25) is 0 Å². The molecule has 0 bridgehead atoms. The molecule has 1 fully saturated rings. The number of halogens is 1. The number of aryl methyl sites for hydroxylation is 1. The number of alkyl halides is 1. The average molecular weight is 254 g/mol.